The second kappa shape index (κ2) is 4.42. The van der Waals surface area contributed by atoms with Crippen molar-refractivity contribution in [3.63, 3.8) is 0 Å². The summed E-state index contributed by atoms with van der Waals surface area (Å²) in [5.74, 6) is -12.0. The van der Waals surface area contributed by atoms with E-state index in [2.05, 4.69) is 0 Å². The molecule has 1 N–H and O–H groups in total. The van der Waals surface area contributed by atoms with Gasteiger partial charge in [-0.05, 0) is 5.56 Å². The third kappa shape index (κ3) is 2.29. The molecule has 0 aliphatic heterocycles. The summed E-state index contributed by atoms with van der Waals surface area (Å²) < 4.78 is 86.9. The second-order valence-corrected chi connectivity index (χ2v) is 3.51. The number of aliphatic hydroxyl groups excluding tert-OH is 1. The van der Waals surface area contributed by atoms with Gasteiger partial charge in [0.05, 0.1) is 0 Å². The lowest BCUT2D eigenvalue weighted by molar-refractivity contribution is -0.372. The van der Waals surface area contributed by atoms with E-state index in [0.717, 1.165) is 24.3 Å². The summed E-state index contributed by atoms with van der Waals surface area (Å²) >= 11 is 0. The van der Waals surface area contributed by atoms with Crippen LogP contribution >= 0.6 is 0 Å². The first-order valence-corrected chi connectivity index (χ1v) is 4.57. The Labute approximate surface area is 96.8 Å². The summed E-state index contributed by atoms with van der Waals surface area (Å²) in [4.78, 5) is 0. The van der Waals surface area contributed by atoms with Gasteiger partial charge in [-0.3, -0.25) is 0 Å². The van der Waals surface area contributed by atoms with Crippen LogP contribution in [0.15, 0.2) is 30.3 Å². The zero-order valence-corrected chi connectivity index (χ0v) is 8.56. The van der Waals surface area contributed by atoms with Crippen LogP contribution in [0.1, 0.15) is 11.7 Å². The van der Waals surface area contributed by atoms with Crippen LogP contribution in [0.4, 0.5) is 30.7 Å². The van der Waals surface area contributed by atoms with Gasteiger partial charge in [-0.1, -0.05) is 30.3 Å². The molecule has 1 atom stereocenters. The third-order valence-corrected chi connectivity index (χ3v) is 2.23. The third-order valence-electron chi connectivity index (χ3n) is 2.23. The van der Waals surface area contributed by atoms with Gasteiger partial charge >= 0.3 is 18.0 Å². The molecule has 1 rings (SSSR count). The Morgan fingerprint density at radius 2 is 1.28 bits per heavy atom. The molecule has 0 aromatic heterocycles. The summed E-state index contributed by atoms with van der Waals surface area (Å²) in [6.45, 7) is 0. The minimum atomic E-state index is -6.45. The molecule has 0 saturated heterocycles. The van der Waals surface area contributed by atoms with Crippen molar-refractivity contribution >= 4 is 0 Å². The standard InChI is InChI=1S/C10H7F7O/c11-8(12,9(13,14)10(15,16)17)7(18)6-4-2-1-3-5-6/h1-5,7,18H. The van der Waals surface area contributed by atoms with E-state index in [1.54, 1.807) is 0 Å². The van der Waals surface area contributed by atoms with Crippen LogP contribution in [0.3, 0.4) is 0 Å². The van der Waals surface area contributed by atoms with Gasteiger partial charge in [-0.15, -0.1) is 0 Å². The highest BCUT2D eigenvalue weighted by Gasteiger charge is 2.75. The molecular formula is C10H7F7O. The van der Waals surface area contributed by atoms with E-state index < -0.39 is 29.7 Å². The summed E-state index contributed by atoms with van der Waals surface area (Å²) in [6.07, 6.45) is -9.71. The quantitative estimate of drug-likeness (QED) is 0.837. The molecule has 0 aliphatic rings. The summed E-state index contributed by atoms with van der Waals surface area (Å²) in [5, 5.41) is 9.02. The Morgan fingerprint density at radius 3 is 1.67 bits per heavy atom. The van der Waals surface area contributed by atoms with Crippen LogP contribution in [-0.2, 0) is 0 Å². The highest BCUT2D eigenvalue weighted by atomic mass is 19.4. The topological polar surface area (TPSA) is 20.2 Å². The van der Waals surface area contributed by atoms with Crippen LogP contribution in [0.25, 0.3) is 0 Å². The Hall–Kier alpha value is -1.31. The van der Waals surface area contributed by atoms with E-state index in [-0.39, 0.29) is 0 Å². The maximum absolute atomic E-state index is 13.1. The van der Waals surface area contributed by atoms with Crippen molar-refractivity contribution < 1.29 is 35.8 Å². The minimum Gasteiger partial charge on any atom is -0.382 e. The maximum Gasteiger partial charge on any atom is 0.459 e. The molecule has 1 unspecified atom stereocenters. The molecule has 8 heteroatoms. The molecule has 0 fully saturated rings. The Kier molecular flexibility index (Phi) is 3.62. The molecule has 0 radical (unpaired) electrons. The van der Waals surface area contributed by atoms with Gasteiger partial charge in [-0.2, -0.15) is 30.7 Å². The van der Waals surface area contributed by atoms with Crippen LogP contribution in [0.5, 0.6) is 0 Å². The van der Waals surface area contributed by atoms with Crippen molar-refractivity contribution in [2.75, 3.05) is 0 Å². The van der Waals surface area contributed by atoms with Crippen molar-refractivity contribution in [2.24, 2.45) is 0 Å². The number of rotatable bonds is 3. The molecule has 0 heterocycles. The Balaban J connectivity index is 3.15. The smallest absolute Gasteiger partial charge is 0.382 e. The number of aliphatic hydroxyl groups is 1. The fourth-order valence-electron chi connectivity index (χ4n) is 1.21. The Bertz CT molecular complexity index is 398. The summed E-state index contributed by atoms with van der Waals surface area (Å²) in [5.41, 5.74) is -0.730. The van der Waals surface area contributed by atoms with Gasteiger partial charge in [0.25, 0.3) is 0 Å². The van der Waals surface area contributed by atoms with Gasteiger partial charge < -0.3 is 5.11 Å². The first kappa shape index (κ1) is 14.7. The second-order valence-electron chi connectivity index (χ2n) is 3.51. The van der Waals surface area contributed by atoms with E-state index in [1.807, 2.05) is 0 Å². The lowest BCUT2D eigenvalue weighted by Crippen LogP contribution is -2.54. The zero-order valence-electron chi connectivity index (χ0n) is 8.56. The SMILES string of the molecule is OC(c1ccccc1)C(F)(F)C(F)(F)C(F)(F)F. The van der Waals surface area contributed by atoms with Crippen LogP contribution < -0.4 is 0 Å². The van der Waals surface area contributed by atoms with Crippen molar-refractivity contribution in [3.05, 3.63) is 35.9 Å². The van der Waals surface area contributed by atoms with Gasteiger partial charge in [0.2, 0.25) is 0 Å². The molecule has 0 amide bonds. The van der Waals surface area contributed by atoms with E-state index in [9.17, 15) is 30.7 Å². The van der Waals surface area contributed by atoms with Gasteiger partial charge in [-0.25, -0.2) is 0 Å². The average Bonchev–Trinajstić information content (AvgIpc) is 2.27. The molecule has 102 valence electrons. The van der Waals surface area contributed by atoms with E-state index in [1.165, 1.54) is 6.07 Å². The molecule has 1 nitrogen and oxygen atoms in total. The highest BCUT2D eigenvalue weighted by molar-refractivity contribution is 5.21. The van der Waals surface area contributed by atoms with Crippen molar-refractivity contribution in [3.8, 4) is 0 Å². The fraction of sp³-hybridized carbons (Fsp3) is 0.400. The molecule has 1 aromatic carbocycles. The molecule has 1 aromatic rings. The minimum absolute atomic E-state index is 0.730. The number of halogens is 7. The van der Waals surface area contributed by atoms with Gasteiger partial charge in [0, 0.05) is 0 Å². The monoisotopic (exact) mass is 276 g/mol. The normalized spacial score (nSPS) is 15.6. The molecule has 18 heavy (non-hydrogen) atoms. The van der Waals surface area contributed by atoms with Gasteiger partial charge in [0.1, 0.15) is 6.10 Å². The zero-order chi connectivity index (χ0) is 14.2. The van der Waals surface area contributed by atoms with Gasteiger partial charge in [0.15, 0.2) is 0 Å². The van der Waals surface area contributed by atoms with Crippen LogP contribution in [-0.4, -0.2) is 23.1 Å². The number of benzene rings is 1. The molecule has 0 aliphatic carbocycles. The molecule has 0 spiro atoms. The van der Waals surface area contributed by atoms with E-state index >= 15 is 0 Å². The summed E-state index contributed by atoms with van der Waals surface area (Å²) in [6, 6.07) is 5.23. The average molecular weight is 276 g/mol. The fourth-order valence-corrected chi connectivity index (χ4v) is 1.21. The van der Waals surface area contributed by atoms with Crippen molar-refractivity contribution in [1.82, 2.24) is 0 Å². The number of hydrogen-bond donors (Lipinski definition) is 1. The van der Waals surface area contributed by atoms with E-state index in [4.69, 9.17) is 5.11 Å². The first-order valence-electron chi connectivity index (χ1n) is 4.57. The lowest BCUT2D eigenvalue weighted by Gasteiger charge is -2.31. The molecular weight excluding hydrogens is 269 g/mol. The first-order chi connectivity index (χ1) is 8.02. The highest BCUT2D eigenvalue weighted by Crippen LogP contribution is 2.51. The predicted octanol–water partition coefficient (Wildman–Crippen LogP) is 3.55. The lowest BCUT2D eigenvalue weighted by atomic mass is 9.98. The maximum atomic E-state index is 13.1. The largest absolute Gasteiger partial charge is 0.459 e. The van der Waals surface area contributed by atoms with Crippen LogP contribution in [0.2, 0.25) is 0 Å². The predicted molar refractivity (Wildman–Crippen MR) is 47.4 cm³/mol. The van der Waals surface area contributed by atoms with E-state index in [0.29, 0.717) is 0 Å². The number of hydrogen-bond acceptors (Lipinski definition) is 1. The summed E-state index contributed by atoms with van der Waals surface area (Å²) in [7, 11) is 0. The van der Waals surface area contributed by atoms with Crippen molar-refractivity contribution in [2.45, 2.75) is 24.1 Å². The van der Waals surface area contributed by atoms with Crippen molar-refractivity contribution in [1.29, 1.82) is 0 Å². The van der Waals surface area contributed by atoms with Crippen LogP contribution in [0, 0.1) is 0 Å². The number of alkyl halides is 7. The molecule has 0 saturated carbocycles. The molecule has 0 bridgehead atoms. The Morgan fingerprint density at radius 1 is 0.833 bits per heavy atom.